The van der Waals surface area contributed by atoms with Crippen LogP contribution in [0.5, 0.6) is 0 Å². The first-order chi connectivity index (χ1) is 9.60. The Balaban J connectivity index is 2.12. The lowest BCUT2D eigenvalue weighted by atomic mass is 10.2. The minimum Gasteiger partial charge on any atom is -0.465 e. The second-order valence-electron chi connectivity index (χ2n) is 4.02. The number of carbonyl (C=O) groups is 2. The molecule has 2 aromatic rings. The third-order valence-corrected chi connectivity index (χ3v) is 2.59. The van der Waals surface area contributed by atoms with Crippen molar-refractivity contribution in [3.05, 3.63) is 41.8 Å². The number of halogens is 1. The highest BCUT2D eigenvalue weighted by molar-refractivity contribution is 5.96. The number of rotatable bonds is 4. The molecule has 0 bridgehead atoms. The molecule has 1 heterocycles. The maximum atomic E-state index is 13.1. The van der Waals surface area contributed by atoms with E-state index >= 15 is 0 Å². The molecule has 0 aliphatic carbocycles. The zero-order valence-corrected chi connectivity index (χ0v) is 10.9. The number of ether oxygens (including phenoxy) is 1. The van der Waals surface area contributed by atoms with Crippen LogP contribution in [0.25, 0.3) is 10.9 Å². The Morgan fingerprint density at radius 1 is 1.30 bits per heavy atom. The summed E-state index contributed by atoms with van der Waals surface area (Å²) < 4.78 is 17.8. The molecule has 1 aromatic heterocycles. The van der Waals surface area contributed by atoms with Gasteiger partial charge in [0, 0.05) is 11.5 Å². The number of nitrogens with zero attached hydrogens (tertiary/aromatic N) is 1. The standard InChI is InChI=1S/C14H13FN2O3/c1-2-20-13(18)8-16-14(19)11-6-4-9-3-5-10(15)7-12(9)17-11/h3-7H,2,8H2,1H3,(H,16,19). The van der Waals surface area contributed by atoms with Gasteiger partial charge in [0.2, 0.25) is 0 Å². The van der Waals surface area contributed by atoms with Gasteiger partial charge in [0.05, 0.1) is 12.1 Å². The summed E-state index contributed by atoms with van der Waals surface area (Å²) in [4.78, 5) is 27.0. The van der Waals surface area contributed by atoms with Crippen LogP contribution < -0.4 is 5.32 Å². The van der Waals surface area contributed by atoms with Gasteiger partial charge in [-0.1, -0.05) is 6.07 Å². The molecule has 0 fully saturated rings. The van der Waals surface area contributed by atoms with Gasteiger partial charge in [0.1, 0.15) is 18.1 Å². The molecule has 0 unspecified atom stereocenters. The van der Waals surface area contributed by atoms with Gasteiger partial charge in [0.25, 0.3) is 5.91 Å². The average molecular weight is 276 g/mol. The molecule has 0 radical (unpaired) electrons. The van der Waals surface area contributed by atoms with Gasteiger partial charge in [-0.05, 0) is 25.1 Å². The summed E-state index contributed by atoms with van der Waals surface area (Å²) in [5, 5.41) is 3.12. The van der Waals surface area contributed by atoms with Crippen molar-refractivity contribution in [1.29, 1.82) is 0 Å². The Morgan fingerprint density at radius 2 is 2.05 bits per heavy atom. The average Bonchev–Trinajstić information content (AvgIpc) is 2.44. The first kappa shape index (κ1) is 13.9. The Morgan fingerprint density at radius 3 is 2.80 bits per heavy atom. The molecule has 0 spiro atoms. The van der Waals surface area contributed by atoms with Gasteiger partial charge in [-0.3, -0.25) is 9.59 Å². The number of carbonyl (C=O) groups excluding carboxylic acids is 2. The van der Waals surface area contributed by atoms with Crippen LogP contribution in [-0.4, -0.2) is 30.0 Å². The van der Waals surface area contributed by atoms with Gasteiger partial charge < -0.3 is 10.1 Å². The smallest absolute Gasteiger partial charge is 0.325 e. The van der Waals surface area contributed by atoms with Crippen molar-refractivity contribution in [2.75, 3.05) is 13.2 Å². The first-order valence-corrected chi connectivity index (χ1v) is 6.10. The van der Waals surface area contributed by atoms with Crippen molar-refractivity contribution in [2.24, 2.45) is 0 Å². The minimum absolute atomic E-state index is 0.118. The predicted octanol–water partition coefficient (Wildman–Crippen LogP) is 1.67. The molecule has 6 heteroatoms. The lowest BCUT2D eigenvalue weighted by Crippen LogP contribution is -2.31. The Bertz CT molecular complexity index is 658. The minimum atomic E-state index is -0.521. The lowest BCUT2D eigenvalue weighted by Gasteiger charge is -2.05. The van der Waals surface area contributed by atoms with Crippen LogP contribution >= 0.6 is 0 Å². The van der Waals surface area contributed by atoms with Crippen LogP contribution in [0, 0.1) is 5.82 Å². The highest BCUT2D eigenvalue weighted by Gasteiger charge is 2.10. The molecule has 2 rings (SSSR count). The molecular formula is C14H13FN2O3. The van der Waals surface area contributed by atoms with Gasteiger partial charge in [-0.2, -0.15) is 0 Å². The van der Waals surface area contributed by atoms with E-state index in [4.69, 9.17) is 4.74 Å². The van der Waals surface area contributed by atoms with Crippen molar-refractivity contribution >= 4 is 22.8 Å². The van der Waals surface area contributed by atoms with Crippen LogP contribution in [0.1, 0.15) is 17.4 Å². The molecule has 5 nitrogen and oxygen atoms in total. The summed E-state index contributed by atoms with van der Waals surface area (Å²) >= 11 is 0. The summed E-state index contributed by atoms with van der Waals surface area (Å²) in [7, 11) is 0. The normalized spacial score (nSPS) is 10.3. The largest absolute Gasteiger partial charge is 0.465 e. The number of nitrogens with one attached hydrogen (secondary N) is 1. The van der Waals surface area contributed by atoms with E-state index in [0.717, 1.165) is 5.39 Å². The summed E-state index contributed by atoms with van der Waals surface area (Å²) in [5.41, 5.74) is 0.501. The van der Waals surface area contributed by atoms with E-state index in [1.165, 1.54) is 18.2 Å². The van der Waals surface area contributed by atoms with Gasteiger partial charge in [0.15, 0.2) is 0 Å². The maximum absolute atomic E-state index is 13.1. The number of amides is 1. The van der Waals surface area contributed by atoms with E-state index in [0.29, 0.717) is 5.52 Å². The highest BCUT2D eigenvalue weighted by Crippen LogP contribution is 2.13. The predicted molar refractivity (Wildman–Crippen MR) is 70.7 cm³/mol. The number of esters is 1. The van der Waals surface area contributed by atoms with Crippen molar-refractivity contribution in [2.45, 2.75) is 6.92 Å². The van der Waals surface area contributed by atoms with E-state index in [1.54, 1.807) is 19.1 Å². The fraction of sp³-hybridized carbons (Fsp3) is 0.214. The topological polar surface area (TPSA) is 68.3 Å². The number of aromatic nitrogens is 1. The molecular weight excluding hydrogens is 263 g/mol. The summed E-state index contributed by atoms with van der Waals surface area (Å²) in [6, 6.07) is 7.34. The fourth-order valence-electron chi connectivity index (χ4n) is 1.67. The number of fused-ring (bicyclic) bond motifs is 1. The second kappa shape index (κ2) is 6.10. The molecule has 20 heavy (non-hydrogen) atoms. The van der Waals surface area contributed by atoms with E-state index in [-0.39, 0.29) is 18.8 Å². The molecule has 0 aliphatic heterocycles. The van der Waals surface area contributed by atoms with E-state index in [9.17, 15) is 14.0 Å². The van der Waals surface area contributed by atoms with Crippen LogP contribution in [0.4, 0.5) is 4.39 Å². The number of pyridine rings is 1. The molecule has 0 saturated carbocycles. The summed E-state index contributed by atoms with van der Waals surface area (Å²) in [6.45, 7) is 1.71. The number of hydrogen-bond acceptors (Lipinski definition) is 4. The van der Waals surface area contributed by atoms with E-state index < -0.39 is 17.7 Å². The van der Waals surface area contributed by atoms with Crippen molar-refractivity contribution in [3.8, 4) is 0 Å². The molecule has 1 amide bonds. The molecule has 1 N–H and O–H groups in total. The SMILES string of the molecule is CCOC(=O)CNC(=O)c1ccc2ccc(F)cc2n1. The summed E-state index contributed by atoms with van der Waals surface area (Å²) in [5.74, 6) is -1.45. The molecule has 0 atom stereocenters. The van der Waals surface area contributed by atoms with Crippen LogP contribution in [0.15, 0.2) is 30.3 Å². The van der Waals surface area contributed by atoms with Crippen molar-refractivity contribution in [3.63, 3.8) is 0 Å². The van der Waals surface area contributed by atoms with Crippen molar-refractivity contribution < 1.29 is 18.7 Å². The lowest BCUT2D eigenvalue weighted by molar-refractivity contribution is -0.141. The van der Waals surface area contributed by atoms with Crippen LogP contribution in [0.3, 0.4) is 0 Å². The van der Waals surface area contributed by atoms with Crippen LogP contribution in [0.2, 0.25) is 0 Å². The van der Waals surface area contributed by atoms with Crippen LogP contribution in [-0.2, 0) is 9.53 Å². The molecule has 104 valence electrons. The third-order valence-electron chi connectivity index (χ3n) is 2.59. The zero-order chi connectivity index (χ0) is 14.5. The molecule has 1 aromatic carbocycles. The van der Waals surface area contributed by atoms with E-state index in [2.05, 4.69) is 10.3 Å². The Labute approximate surface area is 114 Å². The Kier molecular flexibility index (Phi) is 4.24. The monoisotopic (exact) mass is 276 g/mol. The number of hydrogen-bond donors (Lipinski definition) is 1. The van der Waals surface area contributed by atoms with Crippen molar-refractivity contribution in [1.82, 2.24) is 10.3 Å². The maximum Gasteiger partial charge on any atom is 0.325 e. The zero-order valence-electron chi connectivity index (χ0n) is 10.9. The molecule has 0 aliphatic rings. The quantitative estimate of drug-likeness (QED) is 0.862. The van der Waals surface area contributed by atoms with Gasteiger partial charge in [-0.25, -0.2) is 9.37 Å². The summed E-state index contributed by atoms with van der Waals surface area (Å²) in [6.07, 6.45) is 0. The fourth-order valence-corrected chi connectivity index (χ4v) is 1.67. The second-order valence-corrected chi connectivity index (χ2v) is 4.02. The first-order valence-electron chi connectivity index (χ1n) is 6.10. The van der Waals surface area contributed by atoms with E-state index in [1.807, 2.05) is 0 Å². The van der Waals surface area contributed by atoms with Gasteiger partial charge in [-0.15, -0.1) is 0 Å². The van der Waals surface area contributed by atoms with Gasteiger partial charge >= 0.3 is 5.97 Å². The Hall–Kier alpha value is -2.50. The number of benzene rings is 1. The highest BCUT2D eigenvalue weighted by atomic mass is 19.1. The molecule has 0 saturated heterocycles. The third kappa shape index (κ3) is 3.28.